The molecule has 0 unspecified atom stereocenters. The van der Waals surface area contributed by atoms with Crippen LogP contribution in [0.15, 0.2) is 55.0 Å². The van der Waals surface area contributed by atoms with Crippen LogP contribution >= 0.6 is 11.6 Å². The number of aryl methyl sites for hydroxylation is 1. The van der Waals surface area contributed by atoms with Gasteiger partial charge in [-0.05, 0) is 63.7 Å². The lowest BCUT2D eigenvalue weighted by molar-refractivity contribution is 0.0916. The van der Waals surface area contributed by atoms with Gasteiger partial charge in [-0.1, -0.05) is 17.7 Å². The van der Waals surface area contributed by atoms with Gasteiger partial charge < -0.3 is 15.0 Å². The fourth-order valence-electron chi connectivity index (χ4n) is 3.71. The smallest absolute Gasteiger partial charge is 0.251 e. The Hall–Kier alpha value is -2.96. The number of carbonyl (C=O) groups is 1. The topological polar surface area (TPSA) is 67.3 Å². The second-order valence-corrected chi connectivity index (χ2v) is 8.33. The van der Waals surface area contributed by atoms with Gasteiger partial charge in [-0.25, -0.2) is 0 Å². The van der Waals surface area contributed by atoms with Crippen molar-refractivity contribution >= 4 is 17.5 Å². The number of nitrogens with one attached hydrogen (secondary N) is 1. The Balaban J connectivity index is 1.48. The van der Waals surface area contributed by atoms with Crippen molar-refractivity contribution < 1.29 is 9.53 Å². The van der Waals surface area contributed by atoms with Crippen LogP contribution in [0.2, 0.25) is 5.02 Å². The molecule has 3 aromatic rings. The highest BCUT2D eigenvalue weighted by Gasteiger charge is 2.20. The van der Waals surface area contributed by atoms with Gasteiger partial charge in [0.2, 0.25) is 0 Å². The lowest BCUT2D eigenvalue weighted by Crippen LogP contribution is -2.43. The predicted molar refractivity (Wildman–Crippen MR) is 122 cm³/mol. The molecule has 0 saturated carbocycles. The van der Waals surface area contributed by atoms with Crippen LogP contribution in [0.5, 0.6) is 11.5 Å². The molecule has 1 aromatic carbocycles. The summed E-state index contributed by atoms with van der Waals surface area (Å²) in [6.45, 7) is 3.97. The molecule has 0 radical (unpaired) electrons. The van der Waals surface area contributed by atoms with Gasteiger partial charge in [0.1, 0.15) is 11.5 Å². The number of rotatable bonds is 5. The second-order valence-electron chi connectivity index (χ2n) is 7.90. The largest absolute Gasteiger partial charge is 0.456 e. The number of hydrogen-bond acceptors (Lipinski definition) is 5. The van der Waals surface area contributed by atoms with E-state index in [0.29, 0.717) is 22.1 Å². The van der Waals surface area contributed by atoms with E-state index in [1.807, 2.05) is 31.2 Å². The van der Waals surface area contributed by atoms with E-state index < -0.39 is 0 Å². The number of carbonyl (C=O) groups excluding carboxylic acids is 1. The molecule has 2 aromatic heterocycles. The molecule has 3 heterocycles. The van der Waals surface area contributed by atoms with Crippen molar-refractivity contribution in [2.75, 3.05) is 20.1 Å². The van der Waals surface area contributed by atoms with Crippen molar-refractivity contribution in [3.63, 3.8) is 0 Å². The van der Waals surface area contributed by atoms with E-state index in [1.165, 1.54) is 0 Å². The summed E-state index contributed by atoms with van der Waals surface area (Å²) in [6, 6.07) is 11.3. The van der Waals surface area contributed by atoms with Crippen LogP contribution in [-0.2, 0) is 0 Å². The number of ether oxygens (including phenoxy) is 1. The maximum Gasteiger partial charge on any atom is 0.251 e. The van der Waals surface area contributed by atoms with E-state index >= 15 is 0 Å². The summed E-state index contributed by atoms with van der Waals surface area (Å²) in [5.74, 6) is 1.18. The normalized spacial score (nSPS) is 14.9. The number of benzene rings is 1. The molecule has 1 saturated heterocycles. The van der Waals surface area contributed by atoms with Crippen molar-refractivity contribution in [1.29, 1.82) is 0 Å². The maximum atomic E-state index is 12.8. The van der Waals surface area contributed by atoms with Gasteiger partial charge in [-0.15, -0.1) is 0 Å². The molecule has 1 aliphatic rings. The first-order valence-electron chi connectivity index (χ1n) is 10.3. The van der Waals surface area contributed by atoms with Crippen molar-refractivity contribution in [3.8, 4) is 22.8 Å². The number of amides is 1. The molecule has 7 heteroatoms. The van der Waals surface area contributed by atoms with Gasteiger partial charge in [-0.2, -0.15) is 0 Å². The van der Waals surface area contributed by atoms with Crippen molar-refractivity contribution in [2.24, 2.45) is 0 Å². The molecular formula is C24H25ClN4O2. The van der Waals surface area contributed by atoms with Crippen LogP contribution in [-0.4, -0.2) is 47.0 Å². The van der Waals surface area contributed by atoms with Gasteiger partial charge >= 0.3 is 0 Å². The summed E-state index contributed by atoms with van der Waals surface area (Å²) >= 11 is 5.97. The van der Waals surface area contributed by atoms with Gasteiger partial charge in [0.25, 0.3) is 5.91 Å². The fourth-order valence-corrected chi connectivity index (χ4v) is 3.87. The molecule has 31 heavy (non-hydrogen) atoms. The highest BCUT2D eigenvalue weighted by Crippen LogP contribution is 2.27. The highest BCUT2D eigenvalue weighted by atomic mass is 35.5. The number of piperidine rings is 1. The molecule has 0 atom stereocenters. The number of nitrogens with zero attached hydrogens (tertiary/aromatic N) is 3. The van der Waals surface area contributed by atoms with Crippen LogP contribution in [0.25, 0.3) is 11.3 Å². The van der Waals surface area contributed by atoms with Crippen LogP contribution in [0.3, 0.4) is 0 Å². The highest BCUT2D eigenvalue weighted by molar-refractivity contribution is 6.30. The summed E-state index contributed by atoms with van der Waals surface area (Å²) in [5, 5.41) is 3.69. The van der Waals surface area contributed by atoms with Gasteiger partial charge in [-0.3, -0.25) is 14.8 Å². The third-order valence-electron chi connectivity index (χ3n) is 5.47. The Morgan fingerprint density at radius 1 is 1.13 bits per heavy atom. The van der Waals surface area contributed by atoms with Crippen LogP contribution in [0.4, 0.5) is 0 Å². The van der Waals surface area contributed by atoms with Crippen molar-refractivity contribution in [2.45, 2.75) is 25.8 Å². The first-order valence-corrected chi connectivity index (χ1v) is 10.7. The van der Waals surface area contributed by atoms with E-state index in [9.17, 15) is 4.79 Å². The maximum absolute atomic E-state index is 12.8. The predicted octanol–water partition coefficient (Wildman–Crippen LogP) is 4.72. The Labute approximate surface area is 187 Å². The molecule has 1 fully saturated rings. The Bertz CT molecular complexity index is 1080. The minimum atomic E-state index is -0.0166. The average molecular weight is 437 g/mol. The number of likely N-dealkylation sites (tertiary alicyclic amines) is 1. The van der Waals surface area contributed by atoms with Crippen molar-refractivity contribution in [3.05, 3.63) is 71.1 Å². The van der Waals surface area contributed by atoms with E-state index in [4.69, 9.17) is 16.3 Å². The summed E-state index contributed by atoms with van der Waals surface area (Å²) in [5.41, 5.74) is 3.29. The molecule has 6 nitrogen and oxygen atoms in total. The fraction of sp³-hybridized carbons (Fsp3) is 0.292. The Morgan fingerprint density at radius 3 is 2.68 bits per heavy atom. The zero-order valence-corrected chi connectivity index (χ0v) is 18.4. The molecule has 1 N–H and O–H groups in total. The first-order chi connectivity index (χ1) is 15.0. The summed E-state index contributed by atoms with van der Waals surface area (Å²) < 4.78 is 5.85. The summed E-state index contributed by atoms with van der Waals surface area (Å²) in [7, 11) is 2.11. The standard InChI is InChI=1S/C24H25ClN4O2/c1-16-11-17(3-4-22(16)24(30)28-19-6-9-29(2)10-7-19)23-13-20(5-8-27-23)31-21-12-18(25)14-26-15-21/h3-5,8,11-15,19H,6-7,9-10H2,1-2H3,(H,28,30). The monoisotopic (exact) mass is 436 g/mol. The van der Waals surface area contributed by atoms with Gasteiger partial charge in [0.05, 0.1) is 16.9 Å². The third-order valence-corrected chi connectivity index (χ3v) is 5.67. The quantitative estimate of drug-likeness (QED) is 0.626. The van der Waals surface area contributed by atoms with E-state index in [1.54, 1.807) is 30.7 Å². The number of halogens is 1. The molecule has 1 amide bonds. The van der Waals surface area contributed by atoms with E-state index in [0.717, 1.165) is 42.8 Å². The van der Waals surface area contributed by atoms with Crippen LogP contribution in [0, 0.1) is 6.92 Å². The van der Waals surface area contributed by atoms with E-state index in [-0.39, 0.29) is 11.9 Å². The van der Waals surface area contributed by atoms with Gasteiger partial charge in [0, 0.05) is 41.7 Å². The first kappa shape index (κ1) is 21.3. The SMILES string of the molecule is Cc1cc(-c2cc(Oc3cncc(Cl)c3)ccn2)ccc1C(=O)NC1CCN(C)CC1. The zero-order chi connectivity index (χ0) is 21.8. The Morgan fingerprint density at radius 2 is 1.94 bits per heavy atom. The minimum Gasteiger partial charge on any atom is -0.456 e. The summed E-state index contributed by atoms with van der Waals surface area (Å²) in [4.78, 5) is 23.5. The lowest BCUT2D eigenvalue weighted by Gasteiger charge is -2.29. The van der Waals surface area contributed by atoms with Gasteiger partial charge in [0.15, 0.2) is 0 Å². The second kappa shape index (κ2) is 9.45. The minimum absolute atomic E-state index is 0.0166. The van der Waals surface area contributed by atoms with E-state index in [2.05, 4.69) is 27.2 Å². The molecular weight excluding hydrogens is 412 g/mol. The molecule has 4 rings (SSSR count). The Kier molecular flexibility index (Phi) is 6.49. The van der Waals surface area contributed by atoms with Crippen LogP contribution < -0.4 is 10.1 Å². The molecule has 1 aliphatic heterocycles. The van der Waals surface area contributed by atoms with Crippen molar-refractivity contribution in [1.82, 2.24) is 20.2 Å². The molecule has 0 spiro atoms. The zero-order valence-electron chi connectivity index (χ0n) is 17.6. The third kappa shape index (κ3) is 5.40. The molecule has 0 aliphatic carbocycles. The lowest BCUT2D eigenvalue weighted by atomic mass is 10.0. The van der Waals surface area contributed by atoms with Crippen LogP contribution in [0.1, 0.15) is 28.8 Å². The summed E-state index contributed by atoms with van der Waals surface area (Å²) in [6.07, 6.45) is 6.82. The molecule has 160 valence electrons. The average Bonchev–Trinajstić information content (AvgIpc) is 2.75. The molecule has 0 bridgehead atoms. The number of hydrogen-bond donors (Lipinski definition) is 1. The number of aromatic nitrogens is 2. The number of pyridine rings is 2.